The van der Waals surface area contributed by atoms with Crippen molar-refractivity contribution in [2.75, 3.05) is 13.1 Å². The predicted molar refractivity (Wildman–Crippen MR) is 89.6 cm³/mol. The molecule has 22 heavy (non-hydrogen) atoms. The molecule has 122 valence electrons. The summed E-state index contributed by atoms with van der Waals surface area (Å²) < 4.78 is 1.88. The highest BCUT2D eigenvalue weighted by Gasteiger charge is 2.38. The second-order valence-corrected chi connectivity index (χ2v) is 6.79. The van der Waals surface area contributed by atoms with E-state index in [4.69, 9.17) is 0 Å². The number of nitrogens with one attached hydrogen (secondary N) is 2. The molecule has 0 aromatic carbocycles. The number of rotatable bonds is 6. The van der Waals surface area contributed by atoms with Crippen LogP contribution in [0.5, 0.6) is 0 Å². The van der Waals surface area contributed by atoms with Crippen LogP contribution in [0.3, 0.4) is 0 Å². The molecule has 2 fully saturated rings. The summed E-state index contributed by atoms with van der Waals surface area (Å²) in [5, 5.41) is 11.0. The molecule has 2 bridgehead atoms. The Bertz CT molecular complexity index is 507. The smallest absolute Gasteiger partial charge is 0.191 e. The molecule has 3 rings (SSSR count). The van der Waals surface area contributed by atoms with Crippen LogP contribution in [0.4, 0.5) is 0 Å². The van der Waals surface area contributed by atoms with E-state index >= 15 is 0 Å². The molecule has 0 amide bonds. The summed E-state index contributed by atoms with van der Waals surface area (Å²) in [6.07, 6.45) is 9.04. The summed E-state index contributed by atoms with van der Waals surface area (Å²) in [6.45, 7) is 4.70. The summed E-state index contributed by atoms with van der Waals surface area (Å²) in [4.78, 5) is 4.66. The second-order valence-electron chi connectivity index (χ2n) is 6.79. The third-order valence-electron chi connectivity index (χ3n) is 5.36. The van der Waals surface area contributed by atoms with E-state index in [0.29, 0.717) is 6.54 Å². The van der Waals surface area contributed by atoms with E-state index in [1.54, 1.807) is 0 Å². The van der Waals surface area contributed by atoms with Crippen LogP contribution in [0.2, 0.25) is 0 Å². The Morgan fingerprint density at radius 2 is 2.27 bits per heavy atom. The van der Waals surface area contributed by atoms with Crippen molar-refractivity contribution in [3.63, 3.8) is 0 Å². The molecule has 0 spiro atoms. The van der Waals surface area contributed by atoms with Gasteiger partial charge in [0.15, 0.2) is 5.96 Å². The number of fused-ring (bicyclic) bond motifs is 2. The minimum atomic E-state index is 0.667. The molecule has 0 radical (unpaired) electrons. The number of aliphatic imine (C=N–C) groups is 1. The van der Waals surface area contributed by atoms with Gasteiger partial charge in [0.2, 0.25) is 0 Å². The van der Waals surface area contributed by atoms with Crippen LogP contribution in [0.25, 0.3) is 0 Å². The molecule has 1 heterocycles. The van der Waals surface area contributed by atoms with Crippen LogP contribution < -0.4 is 10.6 Å². The fourth-order valence-corrected chi connectivity index (χ4v) is 4.16. The summed E-state index contributed by atoms with van der Waals surface area (Å²) in [7, 11) is 1.96. The Morgan fingerprint density at radius 1 is 1.36 bits per heavy atom. The SMILES string of the molecule is CCNC(=NCc1ccnn1C)NCCC1CC2CCC1C2. The van der Waals surface area contributed by atoms with Gasteiger partial charge in [-0.25, -0.2) is 4.99 Å². The minimum absolute atomic E-state index is 0.667. The van der Waals surface area contributed by atoms with E-state index in [-0.39, 0.29) is 0 Å². The number of aryl methyl sites for hydroxylation is 1. The zero-order valence-corrected chi connectivity index (χ0v) is 13.9. The topological polar surface area (TPSA) is 54.2 Å². The molecule has 0 aliphatic heterocycles. The Kier molecular flexibility index (Phi) is 5.01. The second kappa shape index (κ2) is 7.16. The Morgan fingerprint density at radius 3 is 2.91 bits per heavy atom. The van der Waals surface area contributed by atoms with Crippen LogP contribution in [0.15, 0.2) is 17.3 Å². The molecule has 3 atom stereocenters. The first-order valence-corrected chi connectivity index (χ1v) is 8.75. The number of hydrogen-bond donors (Lipinski definition) is 2. The van der Waals surface area contributed by atoms with Crippen molar-refractivity contribution >= 4 is 5.96 Å². The lowest BCUT2D eigenvalue weighted by Gasteiger charge is -2.22. The van der Waals surface area contributed by atoms with Gasteiger partial charge >= 0.3 is 0 Å². The van der Waals surface area contributed by atoms with Gasteiger partial charge in [0.25, 0.3) is 0 Å². The van der Waals surface area contributed by atoms with Crippen molar-refractivity contribution < 1.29 is 0 Å². The van der Waals surface area contributed by atoms with Gasteiger partial charge in [-0.2, -0.15) is 5.10 Å². The molecule has 2 aliphatic carbocycles. The first-order chi connectivity index (χ1) is 10.8. The molecule has 0 saturated heterocycles. The highest BCUT2D eigenvalue weighted by atomic mass is 15.3. The number of aromatic nitrogens is 2. The van der Waals surface area contributed by atoms with Gasteiger partial charge in [-0.3, -0.25) is 4.68 Å². The third kappa shape index (κ3) is 3.62. The summed E-state index contributed by atoms with van der Waals surface area (Å²) >= 11 is 0. The third-order valence-corrected chi connectivity index (χ3v) is 5.36. The molecule has 2 aliphatic rings. The van der Waals surface area contributed by atoms with Gasteiger partial charge in [0.05, 0.1) is 12.2 Å². The molecular weight excluding hydrogens is 274 g/mol. The van der Waals surface area contributed by atoms with Gasteiger partial charge < -0.3 is 10.6 Å². The summed E-state index contributed by atoms with van der Waals surface area (Å²) in [6, 6.07) is 2.02. The summed E-state index contributed by atoms with van der Waals surface area (Å²) in [5.74, 6) is 3.93. The molecule has 2 saturated carbocycles. The fraction of sp³-hybridized carbons (Fsp3) is 0.765. The van der Waals surface area contributed by atoms with Crippen LogP contribution in [0, 0.1) is 17.8 Å². The Balaban J connectivity index is 1.45. The van der Waals surface area contributed by atoms with Crippen LogP contribution >= 0.6 is 0 Å². The van der Waals surface area contributed by atoms with E-state index in [2.05, 4.69) is 27.6 Å². The lowest BCUT2D eigenvalue weighted by molar-refractivity contribution is 0.315. The zero-order valence-electron chi connectivity index (χ0n) is 13.9. The van der Waals surface area contributed by atoms with Crippen molar-refractivity contribution in [1.29, 1.82) is 0 Å². The Labute approximate surface area is 133 Å². The molecular formula is C17H29N5. The predicted octanol–water partition coefficient (Wildman–Crippen LogP) is 2.30. The van der Waals surface area contributed by atoms with Gasteiger partial charge in [-0.1, -0.05) is 6.42 Å². The van der Waals surface area contributed by atoms with Crippen molar-refractivity contribution in [2.24, 2.45) is 29.8 Å². The van der Waals surface area contributed by atoms with Gasteiger partial charge in [-0.15, -0.1) is 0 Å². The van der Waals surface area contributed by atoms with E-state index in [1.165, 1.54) is 32.1 Å². The largest absolute Gasteiger partial charge is 0.357 e. The van der Waals surface area contributed by atoms with E-state index in [1.807, 2.05) is 24.0 Å². The fourth-order valence-electron chi connectivity index (χ4n) is 4.16. The molecule has 5 nitrogen and oxygen atoms in total. The van der Waals surface area contributed by atoms with Gasteiger partial charge in [0.1, 0.15) is 0 Å². The van der Waals surface area contributed by atoms with E-state index in [9.17, 15) is 0 Å². The maximum Gasteiger partial charge on any atom is 0.191 e. The average Bonchev–Trinajstić information content (AvgIpc) is 3.22. The quantitative estimate of drug-likeness (QED) is 0.626. The van der Waals surface area contributed by atoms with Crippen LogP contribution in [0.1, 0.15) is 44.7 Å². The van der Waals surface area contributed by atoms with Gasteiger partial charge in [-0.05, 0) is 56.4 Å². The lowest BCUT2D eigenvalue weighted by Crippen LogP contribution is -2.38. The highest BCUT2D eigenvalue weighted by Crippen LogP contribution is 2.49. The zero-order chi connectivity index (χ0) is 15.4. The van der Waals surface area contributed by atoms with E-state index in [0.717, 1.165) is 42.5 Å². The maximum atomic E-state index is 4.66. The average molecular weight is 303 g/mol. The first kappa shape index (κ1) is 15.4. The van der Waals surface area contributed by atoms with Crippen molar-refractivity contribution in [3.8, 4) is 0 Å². The van der Waals surface area contributed by atoms with Crippen LogP contribution in [-0.2, 0) is 13.6 Å². The highest BCUT2D eigenvalue weighted by molar-refractivity contribution is 5.79. The Hall–Kier alpha value is -1.52. The van der Waals surface area contributed by atoms with Crippen molar-refractivity contribution in [3.05, 3.63) is 18.0 Å². The monoisotopic (exact) mass is 303 g/mol. The molecule has 1 aromatic rings. The van der Waals surface area contributed by atoms with Crippen LogP contribution in [-0.4, -0.2) is 28.8 Å². The molecule has 3 unspecified atom stereocenters. The summed E-state index contributed by atoms with van der Waals surface area (Å²) in [5.41, 5.74) is 1.13. The number of nitrogens with zero attached hydrogens (tertiary/aromatic N) is 3. The van der Waals surface area contributed by atoms with Gasteiger partial charge in [0, 0.05) is 26.3 Å². The van der Waals surface area contributed by atoms with Crippen molar-refractivity contribution in [1.82, 2.24) is 20.4 Å². The van der Waals surface area contributed by atoms with Crippen molar-refractivity contribution in [2.45, 2.75) is 45.6 Å². The minimum Gasteiger partial charge on any atom is -0.357 e. The molecule has 1 aromatic heterocycles. The lowest BCUT2D eigenvalue weighted by atomic mass is 9.86. The number of hydrogen-bond acceptors (Lipinski definition) is 2. The molecule has 2 N–H and O–H groups in total. The normalized spacial score (nSPS) is 27.4. The first-order valence-electron chi connectivity index (χ1n) is 8.75. The number of guanidine groups is 1. The van der Waals surface area contributed by atoms with E-state index < -0.39 is 0 Å². The standard InChI is InChI=1S/C17H29N5/c1-3-18-17(20-12-16-7-9-21-22(16)2)19-8-6-15-11-13-4-5-14(15)10-13/h7,9,13-15H,3-6,8,10-12H2,1-2H3,(H2,18,19,20). The maximum absolute atomic E-state index is 4.66. The molecule has 5 heteroatoms.